The first-order chi connectivity index (χ1) is 16.3. The summed E-state index contributed by atoms with van der Waals surface area (Å²) in [7, 11) is -3.21. The van der Waals surface area contributed by atoms with Crippen molar-refractivity contribution in [2.24, 2.45) is 0 Å². The Morgan fingerprint density at radius 3 is 2.15 bits per heavy atom. The van der Waals surface area contributed by atoms with Crippen molar-refractivity contribution in [2.75, 3.05) is 35.2 Å². The van der Waals surface area contributed by atoms with Gasteiger partial charge in [-0.15, -0.1) is 0 Å². The Balaban J connectivity index is 1.32. The van der Waals surface area contributed by atoms with E-state index < -0.39 is 15.9 Å². The number of benzene rings is 2. The minimum absolute atomic E-state index is 0.0851. The van der Waals surface area contributed by atoms with Gasteiger partial charge in [0.2, 0.25) is 5.91 Å². The molecule has 0 aromatic heterocycles. The van der Waals surface area contributed by atoms with Gasteiger partial charge in [-0.05, 0) is 68.3 Å². The highest BCUT2D eigenvalue weighted by atomic mass is 32.2. The molecule has 8 nitrogen and oxygen atoms in total. The van der Waals surface area contributed by atoms with Crippen LogP contribution in [0, 0.1) is 0 Å². The standard InChI is InChI=1S/C25H31N3O5S/c1-3-33-21-9-5-20(6-10-21)28-24(29)17-23(25(28)30)26-18-13-15-27(16-14-18)19-7-11-22(12-8-19)34(31,32)4-2/h5-12,18,23,26H,3-4,13-17H2,1-2H3/t23-/m1/s1. The predicted octanol–water partition coefficient (Wildman–Crippen LogP) is 2.77. The van der Waals surface area contributed by atoms with Crippen molar-refractivity contribution < 1.29 is 22.7 Å². The molecule has 2 aromatic carbocycles. The number of anilines is 2. The van der Waals surface area contributed by atoms with E-state index in [0.29, 0.717) is 22.9 Å². The van der Waals surface area contributed by atoms with Crippen LogP contribution in [0.15, 0.2) is 53.4 Å². The number of nitrogens with zero attached hydrogens (tertiary/aromatic N) is 2. The first-order valence-corrected chi connectivity index (χ1v) is 13.4. The number of carbonyl (C=O) groups excluding carboxylic acids is 2. The van der Waals surface area contributed by atoms with E-state index in [1.165, 1.54) is 4.90 Å². The van der Waals surface area contributed by atoms with E-state index in [0.717, 1.165) is 31.6 Å². The highest BCUT2D eigenvalue weighted by Crippen LogP contribution is 2.27. The Hall–Kier alpha value is -2.91. The van der Waals surface area contributed by atoms with Crippen LogP contribution in [0.2, 0.25) is 0 Å². The molecular formula is C25H31N3O5S. The first kappa shape index (κ1) is 24.2. The monoisotopic (exact) mass is 485 g/mol. The van der Waals surface area contributed by atoms with Crippen LogP contribution in [0.4, 0.5) is 11.4 Å². The van der Waals surface area contributed by atoms with Crippen molar-refractivity contribution in [3.05, 3.63) is 48.5 Å². The van der Waals surface area contributed by atoms with Crippen molar-refractivity contribution in [2.45, 2.75) is 50.1 Å². The molecule has 9 heteroatoms. The fourth-order valence-electron chi connectivity index (χ4n) is 4.51. The summed E-state index contributed by atoms with van der Waals surface area (Å²) in [6, 6.07) is 13.6. The molecule has 4 rings (SSSR count). The quantitative estimate of drug-likeness (QED) is 0.575. The maximum absolute atomic E-state index is 13.0. The third-order valence-electron chi connectivity index (χ3n) is 6.43. The Morgan fingerprint density at radius 1 is 0.941 bits per heavy atom. The maximum Gasteiger partial charge on any atom is 0.251 e. The van der Waals surface area contributed by atoms with Gasteiger partial charge in [-0.2, -0.15) is 0 Å². The molecule has 2 aromatic rings. The van der Waals surface area contributed by atoms with Crippen molar-refractivity contribution in [3.63, 3.8) is 0 Å². The minimum atomic E-state index is -3.21. The fraction of sp³-hybridized carbons (Fsp3) is 0.440. The lowest BCUT2D eigenvalue weighted by atomic mass is 10.0. The summed E-state index contributed by atoms with van der Waals surface area (Å²) in [5.74, 6) is 0.367. The second kappa shape index (κ2) is 10.1. The van der Waals surface area contributed by atoms with E-state index in [2.05, 4.69) is 10.2 Å². The summed E-state index contributed by atoms with van der Waals surface area (Å²) in [5, 5.41) is 3.40. The molecule has 2 fully saturated rings. The molecule has 0 bridgehead atoms. The molecular weight excluding hydrogens is 454 g/mol. The zero-order chi connectivity index (χ0) is 24.3. The smallest absolute Gasteiger partial charge is 0.251 e. The molecule has 0 aliphatic carbocycles. The summed E-state index contributed by atoms with van der Waals surface area (Å²) in [5.41, 5.74) is 1.55. The number of amides is 2. The average Bonchev–Trinajstić information content (AvgIpc) is 3.13. The van der Waals surface area contributed by atoms with Crippen molar-refractivity contribution >= 4 is 33.0 Å². The third kappa shape index (κ3) is 5.10. The second-order valence-corrected chi connectivity index (χ2v) is 10.9. The SMILES string of the molecule is CCOc1ccc(N2C(=O)C[C@@H](NC3CCN(c4ccc(S(=O)(=O)CC)cc4)CC3)C2=O)cc1. The highest BCUT2D eigenvalue weighted by Gasteiger charge is 2.40. The summed E-state index contributed by atoms with van der Waals surface area (Å²) in [6.07, 6.45) is 1.81. The van der Waals surface area contributed by atoms with Gasteiger partial charge in [0.15, 0.2) is 9.84 Å². The predicted molar refractivity (Wildman–Crippen MR) is 131 cm³/mol. The number of ether oxygens (including phenoxy) is 1. The fourth-order valence-corrected chi connectivity index (χ4v) is 5.40. The van der Waals surface area contributed by atoms with Crippen LogP contribution in [0.1, 0.15) is 33.1 Å². The number of sulfone groups is 1. The average molecular weight is 486 g/mol. The van der Waals surface area contributed by atoms with Crippen LogP contribution >= 0.6 is 0 Å². The Kier molecular flexibility index (Phi) is 7.23. The number of nitrogens with one attached hydrogen (secondary N) is 1. The summed E-state index contributed by atoms with van der Waals surface area (Å²) in [4.78, 5) is 29.4. The van der Waals surface area contributed by atoms with Gasteiger partial charge in [-0.3, -0.25) is 9.59 Å². The molecule has 0 radical (unpaired) electrons. The number of rotatable bonds is 8. The normalized spacial score (nSPS) is 19.6. The third-order valence-corrected chi connectivity index (χ3v) is 8.18. The molecule has 1 atom stereocenters. The number of piperidine rings is 1. The van der Waals surface area contributed by atoms with E-state index in [-0.39, 0.29) is 30.0 Å². The van der Waals surface area contributed by atoms with Crippen LogP contribution in [-0.2, 0) is 19.4 Å². The van der Waals surface area contributed by atoms with Gasteiger partial charge in [-0.1, -0.05) is 6.92 Å². The largest absolute Gasteiger partial charge is 0.494 e. The van der Waals surface area contributed by atoms with Crippen LogP contribution in [-0.4, -0.2) is 57.8 Å². The summed E-state index contributed by atoms with van der Waals surface area (Å²) >= 11 is 0. The van der Waals surface area contributed by atoms with E-state index >= 15 is 0 Å². The Morgan fingerprint density at radius 2 is 1.56 bits per heavy atom. The zero-order valence-electron chi connectivity index (χ0n) is 19.6. The molecule has 2 aliphatic heterocycles. The molecule has 0 spiro atoms. The summed E-state index contributed by atoms with van der Waals surface area (Å²) < 4.78 is 29.5. The number of imide groups is 1. The topological polar surface area (TPSA) is 96.0 Å². The van der Waals surface area contributed by atoms with Crippen molar-refractivity contribution in [3.8, 4) is 5.75 Å². The van der Waals surface area contributed by atoms with Crippen molar-refractivity contribution in [1.29, 1.82) is 0 Å². The second-order valence-electron chi connectivity index (χ2n) is 8.58. The first-order valence-electron chi connectivity index (χ1n) is 11.8. The number of carbonyl (C=O) groups is 2. The number of hydrogen-bond donors (Lipinski definition) is 1. The number of hydrogen-bond acceptors (Lipinski definition) is 7. The highest BCUT2D eigenvalue weighted by molar-refractivity contribution is 7.91. The Labute approximate surface area is 200 Å². The minimum Gasteiger partial charge on any atom is -0.494 e. The van der Waals surface area contributed by atoms with Gasteiger partial charge in [0, 0.05) is 24.8 Å². The van der Waals surface area contributed by atoms with E-state index in [4.69, 9.17) is 4.74 Å². The molecule has 2 aliphatic rings. The lowest BCUT2D eigenvalue weighted by Gasteiger charge is -2.35. The lowest BCUT2D eigenvalue weighted by Crippen LogP contribution is -2.48. The summed E-state index contributed by atoms with van der Waals surface area (Å²) in [6.45, 7) is 5.67. The molecule has 34 heavy (non-hydrogen) atoms. The van der Waals surface area contributed by atoms with Gasteiger partial charge in [0.05, 0.1) is 35.4 Å². The van der Waals surface area contributed by atoms with Crippen LogP contribution in [0.3, 0.4) is 0 Å². The molecule has 0 unspecified atom stereocenters. The molecule has 182 valence electrons. The van der Waals surface area contributed by atoms with E-state index in [1.807, 2.05) is 19.1 Å². The molecule has 2 heterocycles. The Bertz CT molecular complexity index is 1120. The molecule has 2 amide bonds. The molecule has 1 N–H and O–H groups in total. The van der Waals surface area contributed by atoms with Crippen LogP contribution < -0.4 is 19.9 Å². The van der Waals surface area contributed by atoms with E-state index in [9.17, 15) is 18.0 Å². The van der Waals surface area contributed by atoms with Gasteiger partial charge in [-0.25, -0.2) is 13.3 Å². The van der Waals surface area contributed by atoms with Gasteiger partial charge >= 0.3 is 0 Å². The molecule has 2 saturated heterocycles. The maximum atomic E-state index is 13.0. The van der Waals surface area contributed by atoms with Gasteiger partial charge in [0.25, 0.3) is 5.91 Å². The lowest BCUT2D eigenvalue weighted by molar-refractivity contribution is -0.121. The van der Waals surface area contributed by atoms with Gasteiger partial charge in [0.1, 0.15) is 5.75 Å². The molecule has 0 saturated carbocycles. The van der Waals surface area contributed by atoms with Crippen LogP contribution in [0.25, 0.3) is 0 Å². The van der Waals surface area contributed by atoms with Gasteiger partial charge < -0.3 is 15.0 Å². The van der Waals surface area contributed by atoms with Crippen LogP contribution in [0.5, 0.6) is 5.75 Å². The van der Waals surface area contributed by atoms with Crippen molar-refractivity contribution in [1.82, 2.24) is 5.32 Å². The zero-order valence-corrected chi connectivity index (χ0v) is 20.4. The van der Waals surface area contributed by atoms with E-state index in [1.54, 1.807) is 43.3 Å².